The van der Waals surface area contributed by atoms with Gasteiger partial charge >= 0.3 is 5.97 Å². The molecule has 1 aliphatic rings. The van der Waals surface area contributed by atoms with Crippen LogP contribution in [0.3, 0.4) is 0 Å². The lowest BCUT2D eigenvalue weighted by Gasteiger charge is -2.28. The number of amides is 1. The molecule has 114 valence electrons. The van der Waals surface area contributed by atoms with Crippen molar-refractivity contribution in [1.29, 1.82) is 0 Å². The Kier molecular flexibility index (Phi) is 4.06. The molecule has 2 rings (SSSR count). The molecule has 1 heterocycles. The zero-order chi connectivity index (χ0) is 15.6. The molecule has 0 aromatic heterocycles. The van der Waals surface area contributed by atoms with Gasteiger partial charge in [-0.3, -0.25) is 4.79 Å². The molecular formula is C15H20N2O4. The highest BCUT2D eigenvalue weighted by Gasteiger charge is 2.33. The molecule has 0 bridgehead atoms. The van der Waals surface area contributed by atoms with E-state index in [9.17, 15) is 14.7 Å². The average Bonchev–Trinajstić information content (AvgIpc) is 2.42. The Labute approximate surface area is 123 Å². The summed E-state index contributed by atoms with van der Waals surface area (Å²) in [5.41, 5.74) is 0.502. The van der Waals surface area contributed by atoms with Gasteiger partial charge in [-0.2, -0.15) is 0 Å². The molecule has 1 amide bonds. The third-order valence-electron chi connectivity index (χ3n) is 3.31. The first-order valence-corrected chi connectivity index (χ1v) is 6.84. The van der Waals surface area contributed by atoms with E-state index in [2.05, 4.69) is 10.6 Å². The lowest BCUT2D eigenvalue weighted by Crippen LogP contribution is -2.49. The molecule has 1 aromatic carbocycles. The quantitative estimate of drug-likeness (QED) is 0.789. The topological polar surface area (TPSA) is 87.7 Å². The monoisotopic (exact) mass is 292 g/mol. The van der Waals surface area contributed by atoms with Crippen LogP contribution < -0.4 is 15.4 Å². The molecule has 0 radical (unpaired) electrons. The van der Waals surface area contributed by atoms with Crippen LogP contribution in [-0.4, -0.2) is 36.2 Å². The van der Waals surface area contributed by atoms with Crippen molar-refractivity contribution >= 4 is 17.6 Å². The maximum Gasteiger partial charge on any atom is 0.326 e. The second kappa shape index (κ2) is 5.63. The molecule has 0 fully saturated rings. The lowest BCUT2D eigenvalue weighted by molar-refractivity contribution is -0.142. The number of hydrogen-bond acceptors (Lipinski definition) is 4. The largest absolute Gasteiger partial charge is 0.489 e. The average molecular weight is 292 g/mol. The van der Waals surface area contributed by atoms with Crippen molar-refractivity contribution in [2.45, 2.75) is 26.8 Å². The molecule has 0 unspecified atom stereocenters. The summed E-state index contributed by atoms with van der Waals surface area (Å²) in [7, 11) is 0. The number of aliphatic carboxylic acids is 1. The minimum absolute atomic E-state index is 0.343. The molecule has 0 saturated heterocycles. The van der Waals surface area contributed by atoms with Gasteiger partial charge in [0.2, 0.25) is 0 Å². The van der Waals surface area contributed by atoms with Crippen LogP contribution in [0.2, 0.25) is 0 Å². The summed E-state index contributed by atoms with van der Waals surface area (Å²) in [6.45, 7) is 6.45. The molecule has 3 N–H and O–H groups in total. The van der Waals surface area contributed by atoms with Gasteiger partial charge in [0.25, 0.3) is 5.91 Å². The van der Waals surface area contributed by atoms with E-state index in [0.717, 1.165) is 5.69 Å². The van der Waals surface area contributed by atoms with Crippen molar-refractivity contribution in [1.82, 2.24) is 5.32 Å². The number of carbonyl (C=O) groups excluding carboxylic acids is 1. The van der Waals surface area contributed by atoms with E-state index >= 15 is 0 Å². The number of rotatable bonds is 3. The van der Waals surface area contributed by atoms with Crippen molar-refractivity contribution in [3.8, 4) is 5.75 Å². The third-order valence-corrected chi connectivity index (χ3v) is 3.31. The Bertz CT molecular complexity index is 563. The molecule has 1 atom stereocenters. The van der Waals surface area contributed by atoms with Crippen LogP contribution >= 0.6 is 0 Å². The van der Waals surface area contributed by atoms with Crippen LogP contribution in [0.4, 0.5) is 5.69 Å². The second-order valence-electron chi connectivity index (χ2n) is 6.07. The van der Waals surface area contributed by atoms with Gasteiger partial charge in [0.05, 0.1) is 11.3 Å². The Balaban J connectivity index is 2.26. The maximum atomic E-state index is 12.4. The Morgan fingerprint density at radius 3 is 2.71 bits per heavy atom. The van der Waals surface area contributed by atoms with E-state index in [4.69, 9.17) is 4.74 Å². The second-order valence-corrected chi connectivity index (χ2v) is 6.07. The number of hydrogen-bond donors (Lipinski definition) is 3. The van der Waals surface area contributed by atoms with E-state index < -0.39 is 23.3 Å². The van der Waals surface area contributed by atoms with Crippen LogP contribution in [-0.2, 0) is 4.79 Å². The predicted molar refractivity (Wildman–Crippen MR) is 78.8 cm³/mol. The standard InChI is InChI=1S/C15H20N2O4/c1-15(2,3)12(14(19)20)17-13(18)9-5-4-6-10-11(9)21-8-7-16-10/h4-6,12,16H,7-8H2,1-3H3,(H,17,18)(H,19,20)/t12-/m0/s1. The van der Waals surface area contributed by atoms with E-state index in [1.165, 1.54) is 0 Å². The Morgan fingerprint density at radius 2 is 2.10 bits per heavy atom. The molecule has 1 aromatic rings. The zero-order valence-corrected chi connectivity index (χ0v) is 12.4. The molecule has 1 aliphatic heterocycles. The summed E-state index contributed by atoms with van der Waals surface area (Å²) in [5.74, 6) is -1.03. The molecule has 21 heavy (non-hydrogen) atoms. The van der Waals surface area contributed by atoms with Crippen LogP contribution in [0.25, 0.3) is 0 Å². The number of nitrogens with one attached hydrogen (secondary N) is 2. The van der Waals surface area contributed by atoms with Gasteiger partial charge in [-0.25, -0.2) is 4.79 Å². The minimum atomic E-state index is -1.06. The van der Waals surface area contributed by atoms with E-state index in [1.54, 1.807) is 32.9 Å². The molecule has 0 saturated carbocycles. The van der Waals surface area contributed by atoms with Gasteiger partial charge in [-0.05, 0) is 17.5 Å². The van der Waals surface area contributed by atoms with Crippen LogP contribution in [0.1, 0.15) is 31.1 Å². The lowest BCUT2D eigenvalue weighted by atomic mass is 9.86. The van der Waals surface area contributed by atoms with Gasteiger partial charge in [-0.15, -0.1) is 0 Å². The van der Waals surface area contributed by atoms with Crippen molar-refractivity contribution < 1.29 is 19.4 Å². The number of anilines is 1. The van der Waals surface area contributed by atoms with Gasteiger partial charge in [0.1, 0.15) is 12.6 Å². The van der Waals surface area contributed by atoms with Crippen molar-refractivity contribution in [3.63, 3.8) is 0 Å². The maximum absolute atomic E-state index is 12.4. The molecular weight excluding hydrogens is 272 g/mol. The summed E-state index contributed by atoms with van der Waals surface area (Å²) in [5, 5.41) is 15.0. The van der Waals surface area contributed by atoms with Crippen LogP contribution in [0, 0.1) is 5.41 Å². The molecule has 6 nitrogen and oxygen atoms in total. The third kappa shape index (κ3) is 3.26. The number of carbonyl (C=O) groups is 2. The highest BCUT2D eigenvalue weighted by Crippen LogP contribution is 2.31. The van der Waals surface area contributed by atoms with E-state index in [-0.39, 0.29) is 0 Å². The number of ether oxygens (including phenoxy) is 1. The summed E-state index contributed by atoms with van der Waals surface area (Å²) in [4.78, 5) is 23.7. The normalized spacial score (nSPS) is 15.2. The van der Waals surface area contributed by atoms with Crippen LogP contribution in [0.5, 0.6) is 5.75 Å². The van der Waals surface area contributed by atoms with Gasteiger partial charge in [-0.1, -0.05) is 26.8 Å². The molecule has 0 aliphatic carbocycles. The zero-order valence-electron chi connectivity index (χ0n) is 12.4. The number of fused-ring (bicyclic) bond motifs is 1. The summed E-state index contributed by atoms with van der Waals surface area (Å²) < 4.78 is 5.53. The predicted octanol–water partition coefficient (Wildman–Crippen LogP) is 1.72. The first kappa shape index (κ1) is 15.2. The number of carboxylic acids is 1. The summed E-state index contributed by atoms with van der Waals surface area (Å²) in [6.07, 6.45) is 0. The smallest absolute Gasteiger partial charge is 0.326 e. The Hall–Kier alpha value is -2.24. The molecule has 0 spiro atoms. The van der Waals surface area contributed by atoms with Crippen molar-refractivity contribution in [2.75, 3.05) is 18.5 Å². The van der Waals surface area contributed by atoms with Gasteiger partial charge < -0.3 is 20.5 Å². The van der Waals surface area contributed by atoms with Crippen LogP contribution in [0.15, 0.2) is 18.2 Å². The SMILES string of the molecule is CC(C)(C)[C@@H](NC(=O)c1cccc2c1OCCN2)C(=O)O. The van der Waals surface area contributed by atoms with Crippen molar-refractivity contribution in [2.24, 2.45) is 5.41 Å². The number of para-hydroxylation sites is 1. The number of carboxylic acid groups (broad SMARTS) is 1. The molecule has 6 heteroatoms. The van der Waals surface area contributed by atoms with Gasteiger partial charge in [0, 0.05) is 6.54 Å². The van der Waals surface area contributed by atoms with Crippen molar-refractivity contribution in [3.05, 3.63) is 23.8 Å². The highest BCUT2D eigenvalue weighted by molar-refractivity contribution is 6.00. The Morgan fingerprint density at radius 1 is 1.38 bits per heavy atom. The fraction of sp³-hybridized carbons (Fsp3) is 0.467. The fourth-order valence-electron chi connectivity index (χ4n) is 2.21. The summed E-state index contributed by atoms with van der Waals surface area (Å²) in [6, 6.07) is 4.21. The van der Waals surface area contributed by atoms with Gasteiger partial charge in [0.15, 0.2) is 5.75 Å². The fourth-order valence-corrected chi connectivity index (χ4v) is 2.21. The minimum Gasteiger partial charge on any atom is -0.489 e. The van der Waals surface area contributed by atoms with E-state index in [1.807, 2.05) is 6.07 Å². The number of benzene rings is 1. The highest BCUT2D eigenvalue weighted by atomic mass is 16.5. The first-order valence-electron chi connectivity index (χ1n) is 6.84. The summed E-state index contributed by atoms with van der Waals surface area (Å²) >= 11 is 0. The van der Waals surface area contributed by atoms with E-state index in [0.29, 0.717) is 24.5 Å². The first-order chi connectivity index (χ1) is 9.80.